The third-order valence-electron chi connectivity index (χ3n) is 2.09. The molecule has 0 fully saturated rings. The van der Waals surface area contributed by atoms with Gasteiger partial charge in [0.15, 0.2) is 6.54 Å². The van der Waals surface area contributed by atoms with E-state index in [0.29, 0.717) is 11.6 Å². The van der Waals surface area contributed by atoms with Crippen LogP contribution in [0.4, 0.5) is 5.69 Å². The van der Waals surface area contributed by atoms with E-state index < -0.39 is 0 Å². The summed E-state index contributed by atoms with van der Waals surface area (Å²) in [6, 6.07) is 5.47. The number of halogens is 1. The zero-order chi connectivity index (χ0) is 11.3. The molecule has 0 atom stereocenters. The van der Waals surface area contributed by atoms with Crippen molar-refractivity contribution < 1.29 is 10.1 Å². The highest BCUT2D eigenvalue weighted by Gasteiger charge is 2.05. The number of aryl methyl sites for hydroxylation is 1. The van der Waals surface area contributed by atoms with Crippen molar-refractivity contribution in [3.63, 3.8) is 0 Å². The van der Waals surface area contributed by atoms with Gasteiger partial charge in [-0.05, 0) is 31.5 Å². The van der Waals surface area contributed by atoms with Crippen LogP contribution < -0.4 is 10.6 Å². The minimum atomic E-state index is 0.00205. The number of hydrogen-bond acceptors (Lipinski definition) is 1. The Morgan fingerprint density at radius 2 is 2.27 bits per heavy atom. The number of hydrogen-bond donors (Lipinski definition) is 2. The maximum Gasteiger partial charge on any atom is 0.279 e. The minimum absolute atomic E-state index is 0.00205. The van der Waals surface area contributed by atoms with E-state index in [9.17, 15) is 4.79 Å². The van der Waals surface area contributed by atoms with Crippen LogP contribution in [0, 0.1) is 6.92 Å². The van der Waals surface area contributed by atoms with Crippen LogP contribution in [-0.4, -0.2) is 19.0 Å². The summed E-state index contributed by atoms with van der Waals surface area (Å²) < 4.78 is 0. The van der Waals surface area contributed by atoms with Gasteiger partial charge in [-0.1, -0.05) is 17.7 Å². The van der Waals surface area contributed by atoms with Gasteiger partial charge in [0.1, 0.15) is 0 Å². The number of amides is 1. The van der Waals surface area contributed by atoms with Crippen molar-refractivity contribution in [1.82, 2.24) is 0 Å². The maximum absolute atomic E-state index is 11.4. The van der Waals surface area contributed by atoms with Gasteiger partial charge in [-0.15, -0.1) is 0 Å². The second-order valence-electron chi connectivity index (χ2n) is 3.41. The van der Waals surface area contributed by atoms with Crippen LogP contribution in [0.2, 0.25) is 5.02 Å². The highest BCUT2D eigenvalue weighted by atomic mass is 35.5. The van der Waals surface area contributed by atoms with E-state index in [2.05, 4.69) is 5.32 Å². The van der Waals surface area contributed by atoms with Crippen molar-refractivity contribution in [1.29, 1.82) is 0 Å². The Morgan fingerprint density at radius 1 is 1.53 bits per heavy atom. The van der Waals surface area contributed by atoms with Crippen LogP contribution in [0.5, 0.6) is 0 Å². The monoisotopic (exact) mass is 227 g/mol. The van der Waals surface area contributed by atoms with Gasteiger partial charge >= 0.3 is 0 Å². The van der Waals surface area contributed by atoms with Gasteiger partial charge in [0.05, 0.1) is 6.54 Å². The first-order chi connectivity index (χ1) is 7.13. The summed E-state index contributed by atoms with van der Waals surface area (Å²) in [7, 11) is 0. The zero-order valence-electron chi connectivity index (χ0n) is 9.01. The molecule has 0 saturated heterocycles. The largest absolute Gasteiger partial charge is 0.339 e. The summed E-state index contributed by atoms with van der Waals surface area (Å²) in [5.74, 6) is 0.00205. The van der Waals surface area contributed by atoms with E-state index in [0.717, 1.165) is 17.8 Å². The quantitative estimate of drug-likeness (QED) is 0.797. The van der Waals surface area contributed by atoms with E-state index >= 15 is 0 Å². The fraction of sp³-hybridized carbons (Fsp3) is 0.364. The number of benzene rings is 1. The van der Waals surface area contributed by atoms with Crippen LogP contribution in [0.25, 0.3) is 0 Å². The molecule has 3 N–H and O–H groups in total. The molecule has 3 nitrogen and oxygen atoms in total. The second-order valence-corrected chi connectivity index (χ2v) is 3.84. The average molecular weight is 228 g/mol. The fourth-order valence-corrected chi connectivity index (χ4v) is 1.38. The van der Waals surface area contributed by atoms with Gasteiger partial charge in [-0.25, -0.2) is 0 Å². The highest BCUT2D eigenvalue weighted by Crippen LogP contribution is 2.19. The molecular formula is C11H16ClN2O+. The van der Waals surface area contributed by atoms with E-state index in [4.69, 9.17) is 11.6 Å². The summed E-state index contributed by atoms with van der Waals surface area (Å²) in [5.41, 5.74) is 1.81. The maximum atomic E-state index is 11.4. The summed E-state index contributed by atoms with van der Waals surface area (Å²) in [6.45, 7) is 5.30. The van der Waals surface area contributed by atoms with Crippen LogP contribution in [0.1, 0.15) is 12.5 Å². The molecule has 0 unspecified atom stereocenters. The number of rotatable bonds is 4. The van der Waals surface area contributed by atoms with Gasteiger partial charge in [0.2, 0.25) is 0 Å². The molecule has 0 radical (unpaired) electrons. The van der Waals surface area contributed by atoms with Crippen molar-refractivity contribution >= 4 is 23.2 Å². The molecule has 0 spiro atoms. The van der Waals surface area contributed by atoms with Crippen molar-refractivity contribution in [2.45, 2.75) is 13.8 Å². The zero-order valence-corrected chi connectivity index (χ0v) is 9.77. The van der Waals surface area contributed by atoms with E-state index in [1.54, 1.807) is 6.07 Å². The predicted octanol–water partition coefficient (Wildman–Crippen LogP) is 1.17. The topological polar surface area (TPSA) is 45.7 Å². The molecule has 0 aliphatic carbocycles. The Kier molecular flexibility index (Phi) is 4.59. The van der Waals surface area contributed by atoms with Crippen LogP contribution in [0.3, 0.4) is 0 Å². The van der Waals surface area contributed by atoms with Crippen LogP contribution >= 0.6 is 11.6 Å². The molecule has 0 aromatic heterocycles. The highest BCUT2D eigenvalue weighted by molar-refractivity contribution is 6.31. The van der Waals surface area contributed by atoms with Gasteiger partial charge in [-0.2, -0.15) is 0 Å². The van der Waals surface area contributed by atoms with Crippen LogP contribution in [-0.2, 0) is 4.79 Å². The first-order valence-corrected chi connectivity index (χ1v) is 5.39. The minimum Gasteiger partial charge on any atom is -0.339 e. The second kappa shape index (κ2) is 5.73. The van der Waals surface area contributed by atoms with Crippen molar-refractivity contribution in [2.75, 3.05) is 18.4 Å². The number of nitrogens with one attached hydrogen (secondary N) is 1. The number of quaternary nitrogens is 1. The summed E-state index contributed by atoms with van der Waals surface area (Å²) in [6.07, 6.45) is 0. The Morgan fingerprint density at radius 3 is 2.93 bits per heavy atom. The SMILES string of the molecule is CC[NH2+]CC(=O)Nc1cc(Cl)ccc1C. The first kappa shape index (κ1) is 12.0. The molecule has 1 rings (SSSR count). The molecule has 0 aliphatic heterocycles. The Hall–Kier alpha value is -1.06. The van der Waals surface area contributed by atoms with Gasteiger partial charge < -0.3 is 10.6 Å². The first-order valence-electron chi connectivity index (χ1n) is 5.01. The average Bonchev–Trinajstić information content (AvgIpc) is 2.20. The van der Waals surface area contributed by atoms with Crippen molar-refractivity contribution in [2.24, 2.45) is 0 Å². The summed E-state index contributed by atoms with van der Waals surface area (Å²) >= 11 is 5.85. The molecule has 0 saturated carbocycles. The molecular weight excluding hydrogens is 212 g/mol. The molecule has 0 bridgehead atoms. The molecule has 15 heavy (non-hydrogen) atoms. The fourth-order valence-electron chi connectivity index (χ4n) is 1.21. The molecule has 4 heteroatoms. The van der Waals surface area contributed by atoms with Crippen molar-refractivity contribution in [3.8, 4) is 0 Å². The Balaban J connectivity index is 2.63. The van der Waals surface area contributed by atoms with Gasteiger partial charge in [0, 0.05) is 10.7 Å². The van der Waals surface area contributed by atoms with E-state index in [-0.39, 0.29) is 5.91 Å². The normalized spacial score (nSPS) is 10.1. The smallest absolute Gasteiger partial charge is 0.279 e. The standard InChI is InChI=1S/C11H15ClN2O/c1-3-13-7-11(15)14-10-6-9(12)5-4-8(10)2/h4-6,13H,3,7H2,1-2H3,(H,14,15)/p+1. The third kappa shape index (κ3) is 3.90. The Bertz CT molecular complexity index is 352. The summed E-state index contributed by atoms with van der Waals surface area (Å²) in [5, 5.41) is 5.41. The molecule has 0 aliphatic rings. The number of likely N-dealkylation sites (N-methyl/N-ethyl adjacent to an activating group) is 1. The van der Waals surface area contributed by atoms with E-state index in [1.165, 1.54) is 0 Å². The lowest BCUT2D eigenvalue weighted by Crippen LogP contribution is -2.85. The lowest BCUT2D eigenvalue weighted by Gasteiger charge is -2.07. The molecule has 1 aromatic rings. The summed E-state index contributed by atoms with van der Waals surface area (Å²) in [4.78, 5) is 11.4. The predicted molar refractivity (Wildman–Crippen MR) is 62.2 cm³/mol. The van der Waals surface area contributed by atoms with Gasteiger partial charge in [-0.3, -0.25) is 4.79 Å². The Labute approximate surface area is 94.8 Å². The van der Waals surface area contributed by atoms with Crippen LogP contribution in [0.15, 0.2) is 18.2 Å². The lowest BCUT2D eigenvalue weighted by atomic mass is 10.2. The third-order valence-corrected chi connectivity index (χ3v) is 2.33. The number of carbonyl (C=O) groups excluding carboxylic acids is 1. The van der Waals surface area contributed by atoms with Crippen molar-refractivity contribution in [3.05, 3.63) is 28.8 Å². The molecule has 1 aromatic carbocycles. The molecule has 0 heterocycles. The number of nitrogens with two attached hydrogens (primary N) is 1. The number of carbonyl (C=O) groups is 1. The lowest BCUT2D eigenvalue weighted by molar-refractivity contribution is -0.640. The van der Waals surface area contributed by atoms with Gasteiger partial charge in [0.25, 0.3) is 5.91 Å². The van der Waals surface area contributed by atoms with E-state index in [1.807, 2.05) is 31.3 Å². The number of anilines is 1. The molecule has 1 amide bonds. The molecule has 82 valence electrons.